The first-order chi connectivity index (χ1) is 6.50. The number of fused-ring (bicyclic) bond motifs is 1. The van der Waals surface area contributed by atoms with E-state index in [1.54, 1.807) is 18.2 Å². The zero-order valence-electron chi connectivity index (χ0n) is 6.86. The van der Waals surface area contributed by atoms with Gasteiger partial charge in [0.1, 0.15) is 5.52 Å². The molecule has 3 N–H and O–H groups in total. The fraction of sp³-hybridized carbons (Fsp3) is 0. The number of halogens is 1. The van der Waals surface area contributed by atoms with E-state index in [4.69, 9.17) is 5.14 Å². The number of H-pyrrole nitrogens is 1. The molecule has 0 unspecified atom stereocenters. The standard InChI is InChI=1S/C7H6BrN3O2S/c8-5-3-1-2-4-6(5)10-11-7(4)14(9,12)13/h1-3H,(H,10,11)(H2,9,12,13). The SMILES string of the molecule is NS(=O)(=O)c1[nH]nc2c(Br)cccc12. The molecule has 1 aromatic carbocycles. The van der Waals surface area contributed by atoms with E-state index in [1.165, 1.54) is 0 Å². The monoisotopic (exact) mass is 275 g/mol. The number of hydrogen-bond donors (Lipinski definition) is 2. The van der Waals surface area contributed by atoms with Gasteiger partial charge in [0, 0.05) is 9.86 Å². The topological polar surface area (TPSA) is 88.8 Å². The Balaban J connectivity index is 2.90. The summed E-state index contributed by atoms with van der Waals surface area (Å²) in [4.78, 5) is 0. The van der Waals surface area contributed by atoms with Crippen molar-refractivity contribution in [3.63, 3.8) is 0 Å². The van der Waals surface area contributed by atoms with Crippen LogP contribution in [0.2, 0.25) is 0 Å². The van der Waals surface area contributed by atoms with Crippen LogP contribution in [0.5, 0.6) is 0 Å². The second-order valence-corrected chi connectivity index (χ2v) is 5.09. The van der Waals surface area contributed by atoms with Gasteiger partial charge in [-0.25, -0.2) is 13.6 Å². The number of nitrogens with zero attached hydrogens (tertiary/aromatic N) is 1. The molecule has 0 bridgehead atoms. The van der Waals surface area contributed by atoms with Crippen molar-refractivity contribution in [3.8, 4) is 0 Å². The third-order valence-electron chi connectivity index (χ3n) is 1.79. The maximum Gasteiger partial charge on any atom is 0.255 e. The zero-order valence-corrected chi connectivity index (χ0v) is 9.26. The van der Waals surface area contributed by atoms with Gasteiger partial charge in [0.05, 0.1) is 0 Å². The fourth-order valence-corrected chi connectivity index (χ4v) is 2.29. The molecule has 0 fully saturated rings. The quantitative estimate of drug-likeness (QED) is 0.813. The predicted molar refractivity (Wildman–Crippen MR) is 55.2 cm³/mol. The van der Waals surface area contributed by atoms with Gasteiger partial charge >= 0.3 is 0 Å². The molecule has 5 nitrogen and oxygen atoms in total. The van der Waals surface area contributed by atoms with Gasteiger partial charge < -0.3 is 0 Å². The summed E-state index contributed by atoms with van der Waals surface area (Å²) in [5.74, 6) is 0. The van der Waals surface area contributed by atoms with E-state index < -0.39 is 10.0 Å². The van der Waals surface area contributed by atoms with Crippen LogP contribution in [0.1, 0.15) is 0 Å². The van der Waals surface area contributed by atoms with Gasteiger partial charge in [-0.15, -0.1) is 0 Å². The normalized spacial score (nSPS) is 12.1. The largest absolute Gasteiger partial charge is 0.265 e. The molecule has 0 aliphatic carbocycles. The number of primary sulfonamides is 1. The molecule has 0 saturated carbocycles. The molecule has 1 aromatic heterocycles. The molecule has 0 aliphatic heterocycles. The van der Waals surface area contributed by atoms with Crippen molar-refractivity contribution in [2.24, 2.45) is 5.14 Å². The Labute approximate surface area is 88.5 Å². The highest BCUT2D eigenvalue weighted by atomic mass is 79.9. The Bertz CT molecular complexity index is 590. The van der Waals surface area contributed by atoms with E-state index in [2.05, 4.69) is 26.1 Å². The molecule has 2 aromatic rings. The van der Waals surface area contributed by atoms with Crippen molar-refractivity contribution in [3.05, 3.63) is 22.7 Å². The molecule has 0 atom stereocenters. The Morgan fingerprint density at radius 2 is 2.14 bits per heavy atom. The Morgan fingerprint density at radius 3 is 2.79 bits per heavy atom. The number of hydrogen-bond acceptors (Lipinski definition) is 3. The lowest BCUT2D eigenvalue weighted by Gasteiger charge is -1.94. The van der Waals surface area contributed by atoms with Gasteiger partial charge in [-0.05, 0) is 28.1 Å². The molecule has 0 saturated heterocycles. The number of aromatic amines is 1. The number of benzene rings is 1. The van der Waals surface area contributed by atoms with E-state index in [9.17, 15) is 8.42 Å². The minimum Gasteiger partial charge on any atom is -0.265 e. The third-order valence-corrected chi connectivity index (χ3v) is 3.31. The second-order valence-electron chi connectivity index (χ2n) is 2.73. The first-order valence-corrected chi connectivity index (χ1v) is 5.99. The van der Waals surface area contributed by atoms with E-state index in [0.717, 1.165) is 4.47 Å². The van der Waals surface area contributed by atoms with Crippen molar-refractivity contribution < 1.29 is 8.42 Å². The molecule has 0 amide bonds. The molecule has 14 heavy (non-hydrogen) atoms. The summed E-state index contributed by atoms with van der Waals surface area (Å²) in [7, 11) is -3.74. The van der Waals surface area contributed by atoms with E-state index in [1.807, 2.05) is 0 Å². The van der Waals surface area contributed by atoms with Crippen molar-refractivity contribution in [1.82, 2.24) is 10.2 Å². The van der Waals surface area contributed by atoms with Gasteiger partial charge in [-0.3, -0.25) is 5.10 Å². The highest BCUT2D eigenvalue weighted by molar-refractivity contribution is 9.10. The molecule has 0 radical (unpaired) electrons. The summed E-state index contributed by atoms with van der Waals surface area (Å²) in [5.41, 5.74) is 0.552. The maximum absolute atomic E-state index is 11.1. The van der Waals surface area contributed by atoms with Gasteiger partial charge in [0.15, 0.2) is 5.03 Å². The first-order valence-electron chi connectivity index (χ1n) is 3.65. The summed E-state index contributed by atoms with van der Waals surface area (Å²) < 4.78 is 22.9. The van der Waals surface area contributed by atoms with Gasteiger partial charge in [0.2, 0.25) is 0 Å². The Morgan fingerprint density at radius 1 is 1.43 bits per heavy atom. The van der Waals surface area contributed by atoms with Gasteiger partial charge in [-0.1, -0.05) is 6.07 Å². The lowest BCUT2D eigenvalue weighted by molar-refractivity contribution is 0.594. The van der Waals surface area contributed by atoms with Crippen LogP contribution >= 0.6 is 15.9 Å². The predicted octanol–water partition coefficient (Wildman–Crippen LogP) is 0.973. The van der Waals surface area contributed by atoms with E-state index in [-0.39, 0.29) is 5.03 Å². The van der Waals surface area contributed by atoms with Gasteiger partial charge in [-0.2, -0.15) is 5.10 Å². The van der Waals surface area contributed by atoms with Crippen LogP contribution < -0.4 is 5.14 Å². The molecule has 0 spiro atoms. The number of rotatable bonds is 1. The van der Waals surface area contributed by atoms with Crippen molar-refractivity contribution in [2.45, 2.75) is 5.03 Å². The number of nitrogens with two attached hydrogens (primary N) is 1. The highest BCUT2D eigenvalue weighted by Crippen LogP contribution is 2.25. The summed E-state index contributed by atoms with van der Waals surface area (Å²) >= 11 is 3.26. The van der Waals surface area contributed by atoms with Crippen LogP contribution in [-0.4, -0.2) is 18.6 Å². The minimum atomic E-state index is -3.74. The van der Waals surface area contributed by atoms with Crippen LogP contribution in [0.3, 0.4) is 0 Å². The smallest absolute Gasteiger partial charge is 0.255 e. The highest BCUT2D eigenvalue weighted by Gasteiger charge is 2.16. The first kappa shape index (κ1) is 9.63. The van der Waals surface area contributed by atoms with Crippen LogP contribution in [0.25, 0.3) is 10.9 Å². The molecule has 0 aliphatic rings. The Hall–Kier alpha value is -0.920. The van der Waals surface area contributed by atoms with E-state index >= 15 is 0 Å². The number of aromatic nitrogens is 2. The summed E-state index contributed by atoms with van der Waals surface area (Å²) in [6, 6.07) is 5.13. The second kappa shape index (κ2) is 3.04. The average molecular weight is 276 g/mol. The number of sulfonamides is 1. The van der Waals surface area contributed by atoms with Crippen molar-refractivity contribution in [1.29, 1.82) is 0 Å². The molecule has 1 heterocycles. The zero-order chi connectivity index (χ0) is 10.3. The van der Waals surface area contributed by atoms with Crippen LogP contribution in [0, 0.1) is 0 Å². The third kappa shape index (κ3) is 1.43. The Kier molecular flexibility index (Phi) is 2.09. The maximum atomic E-state index is 11.1. The number of nitrogens with one attached hydrogen (secondary N) is 1. The average Bonchev–Trinajstić information content (AvgIpc) is 2.47. The van der Waals surface area contributed by atoms with Gasteiger partial charge in [0.25, 0.3) is 10.0 Å². The van der Waals surface area contributed by atoms with Crippen LogP contribution in [0.15, 0.2) is 27.7 Å². The van der Waals surface area contributed by atoms with Crippen molar-refractivity contribution in [2.75, 3.05) is 0 Å². The molecular formula is C7H6BrN3O2S. The fourth-order valence-electron chi connectivity index (χ4n) is 1.20. The molecular weight excluding hydrogens is 270 g/mol. The van der Waals surface area contributed by atoms with Crippen LogP contribution in [0.4, 0.5) is 0 Å². The van der Waals surface area contributed by atoms with Crippen LogP contribution in [-0.2, 0) is 10.0 Å². The van der Waals surface area contributed by atoms with Crippen molar-refractivity contribution >= 4 is 36.9 Å². The molecule has 74 valence electrons. The molecule has 2 rings (SSSR count). The lowest BCUT2D eigenvalue weighted by atomic mass is 10.3. The van der Waals surface area contributed by atoms with E-state index in [0.29, 0.717) is 10.9 Å². The number of para-hydroxylation sites is 1. The molecule has 7 heteroatoms. The summed E-state index contributed by atoms with van der Waals surface area (Å²) in [5, 5.41) is 11.7. The summed E-state index contributed by atoms with van der Waals surface area (Å²) in [6.45, 7) is 0. The lowest BCUT2D eigenvalue weighted by Crippen LogP contribution is -2.12. The minimum absolute atomic E-state index is 0.0613. The summed E-state index contributed by atoms with van der Waals surface area (Å²) in [6.07, 6.45) is 0.